The molecule has 1 aromatic heterocycles. The van der Waals surface area contributed by atoms with Crippen molar-refractivity contribution < 1.29 is 13.0 Å². The van der Waals surface area contributed by atoms with E-state index in [9.17, 15) is 8.42 Å². The van der Waals surface area contributed by atoms with E-state index >= 15 is 0 Å². The molecule has 0 radical (unpaired) electrons. The molecule has 0 aliphatic carbocycles. The summed E-state index contributed by atoms with van der Waals surface area (Å²) in [6, 6.07) is 9.19. The summed E-state index contributed by atoms with van der Waals surface area (Å²) in [6.07, 6.45) is 1.16. The number of hydrogen-bond acceptors (Lipinski definition) is 4. The Kier molecular flexibility index (Phi) is 2.56. The molecule has 0 fully saturated rings. The number of benzene rings is 1. The first-order valence-corrected chi connectivity index (χ1v) is 6.32. The second kappa shape index (κ2) is 3.73. The van der Waals surface area contributed by atoms with Crippen molar-refractivity contribution in [1.82, 2.24) is 4.98 Å². The van der Waals surface area contributed by atoms with E-state index in [-0.39, 0.29) is 4.21 Å². The third kappa shape index (κ3) is 2.23. The summed E-state index contributed by atoms with van der Waals surface area (Å²) in [6.45, 7) is 0. The van der Waals surface area contributed by atoms with Crippen molar-refractivity contribution in [1.29, 1.82) is 0 Å². The molecular weight excluding hydrogens is 234 g/mol. The van der Waals surface area contributed by atoms with Gasteiger partial charge in [0.05, 0.1) is 6.20 Å². The Bertz CT molecular complexity index is 560. The van der Waals surface area contributed by atoms with Crippen molar-refractivity contribution >= 4 is 21.5 Å². The molecule has 1 N–H and O–H groups in total. The van der Waals surface area contributed by atoms with Crippen molar-refractivity contribution in [2.24, 2.45) is 0 Å². The van der Waals surface area contributed by atoms with Crippen LogP contribution in [0.3, 0.4) is 0 Å². The zero-order chi connectivity index (χ0) is 10.9. The molecule has 0 aliphatic rings. The van der Waals surface area contributed by atoms with Gasteiger partial charge < -0.3 is 0 Å². The molecule has 0 saturated carbocycles. The summed E-state index contributed by atoms with van der Waals surface area (Å²) in [7, 11) is -4.13. The Labute approximate surface area is 91.0 Å². The predicted octanol–water partition coefficient (Wildman–Crippen LogP) is 2.06. The van der Waals surface area contributed by atoms with E-state index in [2.05, 4.69) is 4.98 Å². The monoisotopic (exact) mass is 241 g/mol. The normalized spacial score (nSPS) is 11.5. The van der Waals surface area contributed by atoms with Gasteiger partial charge in [-0.3, -0.25) is 4.55 Å². The van der Waals surface area contributed by atoms with Crippen LogP contribution in [0, 0.1) is 0 Å². The minimum Gasteiger partial charge on any atom is -0.281 e. The number of aromatic nitrogens is 1. The van der Waals surface area contributed by atoms with Gasteiger partial charge in [-0.05, 0) is 0 Å². The van der Waals surface area contributed by atoms with Gasteiger partial charge in [-0.15, -0.1) is 0 Å². The van der Waals surface area contributed by atoms with Gasteiger partial charge in [0.25, 0.3) is 0 Å². The largest absolute Gasteiger partial charge is 0.305 e. The van der Waals surface area contributed by atoms with Crippen LogP contribution in [0.25, 0.3) is 10.6 Å². The molecule has 0 unspecified atom stereocenters. The quantitative estimate of drug-likeness (QED) is 0.817. The lowest BCUT2D eigenvalue weighted by Crippen LogP contribution is -1.93. The second-order valence-electron chi connectivity index (χ2n) is 2.83. The Hall–Kier alpha value is -1.24. The van der Waals surface area contributed by atoms with Crippen molar-refractivity contribution in [3.63, 3.8) is 0 Å². The Morgan fingerprint density at radius 2 is 1.87 bits per heavy atom. The zero-order valence-electron chi connectivity index (χ0n) is 7.49. The molecule has 0 amide bonds. The van der Waals surface area contributed by atoms with Gasteiger partial charge in [-0.25, -0.2) is 4.98 Å². The van der Waals surface area contributed by atoms with Gasteiger partial charge in [-0.1, -0.05) is 41.7 Å². The minimum absolute atomic E-state index is 0.138. The van der Waals surface area contributed by atoms with Gasteiger partial charge in [0, 0.05) is 5.56 Å². The van der Waals surface area contributed by atoms with Crippen LogP contribution in [0.5, 0.6) is 0 Å². The molecule has 15 heavy (non-hydrogen) atoms. The Balaban J connectivity index is 2.46. The molecule has 78 valence electrons. The average molecular weight is 241 g/mol. The Morgan fingerprint density at radius 1 is 1.20 bits per heavy atom. The van der Waals surface area contributed by atoms with Gasteiger partial charge in [-0.2, -0.15) is 8.42 Å². The highest BCUT2D eigenvalue weighted by atomic mass is 32.3. The van der Waals surface area contributed by atoms with Crippen LogP contribution in [-0.2, 0) is 10.1 Å². The van der Waals surface area contributed by atoms with E-state index in [1.54, 1.807) is 0 Å². The molecule has 2 rings (SSSR count). The van der Waals surface area contributed by atoms with Crippen LogP contribution in [-0.4, -0.2) is 18.0 Å². The molecule has 0 aliphatic heterocycles. The van der Waals surface area contributed by atoms with E-state index in [1.807, 2.05) is 30.3 Å². The van der Waals surface area contributed by atoms with Crippen molar-refractivity contribution in [2.75, 3.05) is 0 Å². The zero-order valence-corrected chi connectivity index (χ0v) is 9.12. The molecule has 0 saturated heterocycles. The summed E-state index contributed by atoms with van der Waals surface area (Å²) in [5.74, 6) is 0. The molecule has 0 bridgehead atoms. The number of thiazole rings is 1. The van der Waals surface area contributed by atoms with Crippen molar-refractivity contribution in [3.05, 3.63) is 36.5 Å². The van der Waals surface area contributed by atoms with Crippen LogP contribution in [0.4, 0.5) is 0 Å². The average Bonchev–Trinajstić information content (AvgIpc) is 2.67. The molecule has 2 aromatic rings. The topological polar surface area (TPSA) is 67.3 Å². The summed E-state index contributed by atoms with van der Waals surface area (Å²) < 4.78 is 30.3. The summed E-state index contributed by atoms with van der Waals surface area (Å²) in [5.41, 5.74) is 0.831. The fraction of sp³-hybridized carbons (Fsp3) is 0. The maximum absolute atomic E-state index is 10.8. The summed E-state index contributed by atoms with van der Waals surface area (Å²) >= 11 is 0.944. The molecular formula is C9H7NO3S2. The van der Waals surface area contributed by atoms with Gasteiger partial charge in [0.2, 0.25) is 0 Å². The van der Waals surface area contributed by atoms with Crippen LogP contribution >= 0.6 is 11.3 Å². The maximum atomic E-state index is 10.8. The second-order valence-corrected chi connectivity index (χ2v) is 5.50. The SMILES string of the molecule is O=S(=O)(O)c1cnc(-c2ccccc2)s1. The molecule has 4 nitrogen and oxygen atoms in total. The lowest BCUT2D eigenvalue weighted by Gasteiger charge is -1.92. The first-order chi connectivity index (χ1) is 7.07. The lowest BCUT2D eigenvalue weighted by molar-refractivity contribution is 0.485. The predicted molar refractivity (Wildman–Crippen MR) is 57.4 cm³/mol. The summed E-state index contributed by atoms with van der Waals surface area (Å²) in [4.78, 5) is 3.93. The van der Waals surface area contributed by atoms with Crippen molar-refractivity contribution in [3.8, 4) is 10.6 Å². The molecule has 1 aromatic carbocycles. The van der Waals surface area contributed by atoms with Gasteiger partial charge in [0.1, 0.15) is 5.01 Å². The minimum atomic E-state index is -4.13. The molecule has 6 heteroatoms. The van der Waals surface area contributed by atoms with Gasteiger partial charge >= 0.3 is 10.1 Å². The highest BCUT2D eigenvalue weighted by Gasteiger charge is 2.14. The van der Waals surface area contributed by atoms with Crippen LogP contribution in [0.2, 0.25) is 0 Å². The number of rotatable bonds is 2. The number of hydrogen-bond donors (Lipinski definition) is 1. The highest BCUT2D eigenvalue weighted by molar-refractivity contribution is 7.88. The van der Waals surface area contributed by atoms with Crippen molar-refractivity contribution in [2.45, 2.75) is 4.21 Å². The molecule has 0 spiro atoms. The lowest BCUT2D eigenvalue weighted by atomic mass is 10.2. The fourth-order valence-corrected chi connectivity index (χ4v) is 2.59. The van der Waals surface area contributed by atoms with E-state index in [1.165, 1.54) is 0 Å². The standard InChI is InChI=1S/C9H7NO3S2/c11-15(12,13)8-6-10-9(14-8)7-4-2-1-3-5-7/h1-6H,(H,11,12,13). The van der Waals surface area contributed by atoms with Crippen LogP contribution in [0.15, 0.2) is 40.7 Å². The van der Waals surface area contributed by atoms with E-state index in [0.717, 1.165) is 23.1 Å². The maximum Gasteiger partial charge on any atom is 0.305 e. The smallest absolute Gasteiger partial charge is 0.281 e. The van der Waals surface area contributed by atoms with Gasteiger partial charge in [0.15, 0.2) is 4.21 Å². The first kappa shape index (κ1) is 10.3. The first-order valence-electron chi connectivity index (χ1n) is 4.06. The molecule has 1 heterocycles. The highest BCUT2D eigenvalue weighted by Crippen LogP contribution is 2.27. The van der Waals surface area contributed by atoms with E-state index < -0.39 is 10.1 Å². The Morgan fingerprint density at radius 3 is 2.40 bits per heavy atom. The summed E-state index contributed by atoms with van der Waals surface area (Å²) in [5, 5.41) is 0.572. The van der Waals surface area contributed by atoms with E-state index in [0.29, 0.717) is 5.01 Å². The fourth-order valence-electron chi connectivity index (χ4n) is 1.09. The molecule has 0 atom stereocenters. The van der Waals surface area contributed by atoms with Crippen LogP contribution < -0.4 is 0 Å². The third-order valence-electron chi connectivity index (χ3n) is 1.76. The number of nitrogens with zero attached hydrogens (tertiary/aromatic N) is 1. The van der Waals surface area contributed by atoms with E-state index in [4.69, 9.17) is 4.55 Å². The van der Waals surface area contributed by atoms with Crippen LogP contribution in [0.1, 0.15) is 0 Å². The third-order valence-corrected chi connectivity index (χ3v) is 4.10.